The highest BCUT2D eigenvalue weighted by Gasteiger charge is 2.05. The number of rotatable bonds is 7. The van der Waals surface area contributed by atoms with Gasteiger partial charge in [0.2, 0.25) is 5.91 Å². The SMILES string of the molecule is COc1ccc(CCCC(=O)NC(C)CO)cc1. The van der Waals surface area contributed by atoms with Crippen molar-refractivity contribution in [3.05, 3.63) is 29.8 Å². The van der Waals surface area contributed by atoms with Gasteiger partial charge in [-0.15, -0.1) is 0 Å². The van der Waals surface area contributed by atoms with Crippen LogP contribution in [0.5, 0.6) is 5.75 Å². The molecule has 0 fully saturated rings. The van der Waals surface area contributed by atoms with E-state index < -0.39 is 0 Å². The molecule has 2 N–H and O–H groups in total. The Labute approximate surface area is 108 Å². The van der Waals surface area contributed by atoms with E-state index in [4.69, 9.17) is 9.84 Å². The van der Waals surface area contributed by atoms with Gasteiger partial charge in [-0.1, -0.05) is 12.1 Å². The van der Waals surface area contributed by atoms with Crippen LogP contribution in [0.1, 0.15) is 25.3 Å². The summed E-state index contributed by atoms with van der Waals surface area (Å²) >= 11 is 0. The number of hydrogen-bond donors (Lipinski definition) is 2. The number of carbonyl (C=O) groups excluding carboxylic acids is 1. The van der Waals surface area contributed by atoms with E-state index in [1.165, 1.54) is 5.56 Å². The number of hydrogen-bond acceptors (Lipinski definition) is 3. The Bertz CT molecular complexity index is 362. The molecule has 4 heteroatoms. The predicted octanol–water partition coefficient (Wildman–Crippen LogP) is 1.51. The molecule has 0 bridgehead atoms. The third-order valence-electron chi connectivity index (χ3n) is 2.71. The molecule has 1 amide bonds. The van der Waals surface area contributed by atoms with Crippen LogP contribution in [0.3, 0.4) is 0 Å². The second-order valence-electron chi connectivity index (χ2n) is 4.35. The lowest BCUT2D eigenvalue weighted by Crippen LogP contribution is -2.34. The van der Waals surface area contributed by atoms with Crippen LogP contribution in [0.25, 0.3) is 0 Å². The number of methoxy groups -OCH3 is 1. The Balaban J connectivity index is 2.26. The maximum Gasteiger partial charge on any atom is 0.220 e. The molecule has 1 unspecified atom stereocenters. The summed E-state index contributed by atoms with van der Waals surface area (Å²) in [5.74, 6) is 0.832. The third-order valence-corrected chi connectivity index (χ3v) is 2.71. The van der Waals surface area contributed by atoms with Crippen molar-refractivity contribution >= 4 is 5.91 Å². The number of nitrogens with one attached hydrogen (secondary N) is 1. The summed E-state index contributed by atoms with van der Waals surface area (Å²) in [7, 11) is 1.64. The number of carbonyl (C=O) groups is 1. The van der Waals surface area contributed by atoms with Gasteiger partial charge in [-0.2, -0.15) is 0 Å². The molecule has 0 saturated carbocycles. The van der Waals surface area contributed by atoms with Gasteiger partial charge < -0.3 is 15.2 Å². The first-order chi connectivity index (χ1) is 8.65. The molecular formula is C14H21NO3. The Kier molecular flexibility index (Phi) is 6.22. The lowest BCUT2D eigenvalue weighted by Gasteiger charge is -2.10. The van der Waals surface area contributed by atoms with Crippen LogP contribution in [0.4, 0.5) is 0 Å². The van der Waals surface area contributed by atoms with Gasteiger partial charge in [0, 0.05) is 12.5 Å². The van der Waals surface area contributed by atoms with E-state index in [9.17, 15) is 4.79 Å². The zero-order valence-electron chi connectivity index (χ0n) is 11.0. The largest absolute Gasteiger partial charge is 0.497 e. The fraction of sp³-hybridized carbons (Fsp3) is 0.500. The summed E-state index contributed by atoms with van der Waals surface area (Å²) < 4.78 is 5.08. The molecule has 0 aliphatic carbocycles. The number of benzene rings is 1. The van der Waals surface area contributed by atoms with Crippen molar-refractivity contribution in [2.75, 3.05) is 13.7 Å². The second-order valence-corrected chi connectivity index (χ2v) is 4.35. The molecule has 1 aromatic rings. The minimum Gasteiger partial charge on any atom is -0.497 e. The quantitative estimate of drug-likeness (QED) is 0.772. The summed E-state index contributed by atoms with van der Waals surface area (Å²) in [6, 6.07) is 7.69. The molecule has 100 valence electrons. The molecule has 0 spiro atoms. The van der Waals surface area contributed by atoms with Crippen LogP contribution < -0.4 is 10.1 Å². The summed E-state index contributed by atoms with van der Waals surface area (Å²) in [6.07, 6.45) is 2.15. The van der Waals surface area contributed by atoms with Gasteiger partial charge in [-0.05, 0) is 37.5 Å². The molecule has 1 atom stereocenters. The number of amides is 1. The Hall–Kier alpha value is -1.55. The van der Waals surface area contributed by atoms with Crippen molar-refractivity contribution < 1.29 is 14.6 Å². The maximum absolute atomic E-state index is 11.5. The van der Waals surface area contributed by atoms with E-state index >= 15 is 0 Å². The van der Waals surface area contributed by atoms with Crippen LogP contribution in [0.15, 0.2) is 24.3 Å². The van der Waals surface area contributed by atoms with Gasteiger partial charge in [0.05, 0.1) is 13.7 Å². The molecule has 0 aliphatic heterocycles. The average Bonchev–Trinajstić information content (AvgIpc) is 2.39. The van der Waals surface area contributed by atoms with Crippen LogP contribution in [-0.2, 0) is 11.2 Å². The Morgan fingerprint density at radius 1 is 1.39 bits per heavy atom. The molecular weight excluding hydrogens is 230 g/mol. The third kappa shape index (κ3) is 5.19. The van der Waals surface area contributed by atoms with Crippen LogP contribution in [-0.4, -0.2) is 30.8 Å². The molecule has 1 aromatic carbocycles. The molecule has 1 rings (SSSR count). The van der Waals surface area contributed by atoms with Gasteiger partial charge in [0.15, 0.2) is 0 Å². The Morgan fingerprint density at radius 2 is 2.06 bits per heavy atom. The highest BCUT2D eigenvalue weighted by molar-refractivity contribution is 5.76. The normalized spacial score (nSPS) is 11.9. The highest BCUT2D eigenvalue weighted by atomic mass is 16.5. The van der Waals surface area contributed by atoms with E-state index in [-0.39, 0.29) is 18.6 Å². The van der Waals surface area contributed by atoms with Crippen LogP contribution in [0, 0.1) is 0 Å². The minimum atomic E-state index is -0.168. The number of aliphatic hydroxyl groups excluding tert-OH is 1. The van der Waals surface area contributed by atoms with Crippen LogP contribution in [0.2, 0.25) is 0 Å². The fourth-order valence-electron chi connectivity index (χ4n) is 1.64. The topological polar surface area (TPSA) is 58.6 Å². The molecule has 0 saturated heterocycles. The summed E-state index contributed by atoms with van der Waals surface area (Å²) in [5, 5.41) is 11.5. The van der Waals surface area contributed by atoms with Crippen molar-refractivity contribution in [3.63, 3.8) is 0 Å². The summed E-state index contributed by atoms with van der Waals surface area (Å²) in [6.45, 7) is 1.76. The van der Waals surface area contributed by atoms with Gasteiger partial charge in [0.1, 0.15) is 5.75 Å². The predicted molar refractivity (Wildman–Crippen MR) is 70.6 cm³/mol. The molecule has 4 nitrogen and oxygen atoms in total. The number of ether oxygens (including phenoxy) is 1. The number of aryl methyl sites for hydroxylation is 1. The summed E-state index contributed by atoms with van der Waals surface area (Å²) in [4.78, 5) is 11.5. The zero-order chi connectivity index (χ0) is 13.4. The lowest BCUT2D eigenvalue weighted by atomic mass is 10.1. The molecule has 0 aromatic heterocycles. The van der Waals surface area contributed by atoms with E-state index in [2.05, 4.69) is 5.32 Å². The first-order valence-corrected chi connectivity index (χ1v) is 6.19. The zero-order valence-corrected chi connectivity index (χ0v) is 11.0. The maximum atomic E-state index is 11.5. The highest BCUT2D eigenvalue weighted by Crippen LogP contribution is 2.13. The first kappa shape index (κ1) is 14.5. The Morgan fingerprint density at radius 3 is 2.61 bits per heavy atom. The first-order valence-electron chi connectivity index (χ1n) is 6.19. The standard InChI is InChI=1S/C14H21NO3/c1-11(10-16)15-14(17)5-3-4-12-6-8-13(18-2)9-7-12/h6-9,11,16H,3-5,10H2,1-2H3,(H,15,17). The van der Waals surface area contributed by atoms with Gasteiger partial charge in [-0.3, -0.25) is 4.79 Å². The van der Waals surface area contributed by atoms with E-state index in [1.54, 1.807) is 14.0 Å². The summed E-state index contributed by atoms with van der Waals surface area (Å²) in [5.41, 5.74) is 1.19. The van der Waals surface area contributed by atoms with E-state index in [0.29, 0.717) is 6.42 Å². The van der Waals surface area contributed by atoms with Gasteiger partial charge in [-0.25, -0.2) is 0 Å². The molecule has 18 heavy (non-hydrogen) atoms. The fourth-order valence-corrected chi connectivity index (χ4v) is 1.64. The minimum absolute atomic E-state index is 0.00920. The van der Waals surface area contributed by atoms with Crippen molar-refractivity contribution in [1.82, 2.24) is 5.32 Å². The van der Waals surface area contributed by atoms with E-state index in [0.717, 1.165) is 18.6 Å². The lowest BCUT2D eigenvalue weighted by molar-refractivity contribution is -0.122. The van der Waals surface area contributed by atoms with Crippen molar-refractivity contribution in [2.24, 2.45) is 0 Å². The van der Waals surface area contributed by atoms with Crippen molar-refractivity contribution in [2.45, 2.75) is 32.2 Å². The number of aliphatic hydroxyl groups is 1. The monoisotopic (exact) mass is 251 g/mol. The smallest absolute Gasteiger partial charge is 0.220 e. The average molecular weight is 251 g/mol. The van der Waals surface area contributed by atoms with Crippen molar-refractivity contribution in [3.8, 4) is 5.75 Å². The molecule has 0 radical (unpaired) electrons. The molecule has 0 aliphatic rings. The van der Waals surface area contributed by atoms with E-state index in [1.807, 2.05) is 24.3 Å². The second kappa shape index (κ2) is 7.71. The van der Waals surface area contributed by atoms with Crippen molar-refractivity contribution in [1.29, 1.82) is 0 Å². The van der Waals surface area contributed by atoms with Crippen LogP contribution >= 0.6 is 0 Å². The van der Waals surface area contributed by atoms with Gasteiger partial charge >= 0.3 is 0 Å². The molecule has 0 heterocycles. The van der Waals surface area contributed by atoms with Gasteiger partial charge in [0.25, 0.3) is 0 Å².